The lowest BCUT2D eigenvalue weighted by molar-refractivity contribution is -0.137. The van der Waals surface area contributed by atoms with Crippen LogP contribution in [-0.4, -0.2) is 45.0 Å². The molecule has 1 fully saturated rings. The van der Waals surface area contributed by atoms with Crippen LogP contribution >= 0.6 is 35.0 Å². The smallest absolute Gasteiger partial charge is 0.230 e. The number of nitrogens with one attached hydrogen (secondary N) is 1. The molecule has 0 spiro atoms. The molecule has 0 saturated carbocycles. The molecule has 4 rings (SSSR count). The standard InChI is InChI=1S/C19H19Cl2N3O2S/c20-14-1-2-15(16(21)8-14)19(26)3-5-24(6-4-19)18(25)12-7-17(27-11-12)13-9-22-23-10-13/h1-2,7-10,12,26H,3-6,11H2,(H,22,23). The number of hydrogen-bond acceptors (Lipinski definition) is 4. The number of carbonyl (C=O) groups excluding carboxylic acids is 1. The van der Waals surface area contributed by atoms with E-state index in [0.29, 0.717) is 41.5 Å². The number of rotatable bonds is 3. The number of H-pyrrole nitrogens is 1. The van der Waals surface area contributed by atoms with Gasteiger partial charge in [-0.1, -0.05) is 35.3 Å². The van der Waals surface area contributed by atoms with Gasteiger partial charge in [0, 0.05) is 51.1 Å². The van der Waals surface area contributed by atoms with Crippen molar-refractivity contribution >= 4 is 45.8 Å². The summed E-state index contributed by atoms with van der Waals surface area (Å²) in [5.41, 5.74) is 0.667. The first kappa shape index (κ1) is 18.9. The van der Waals surface area contributed by atoms with Crippen LogP contribution in [0.25, 0.3) is 4.91 Å². The second-order valence-electron chi connectivity index (χ2n) is 6.92. The van der Waals surface area contributed by atoms with Gasteiger partial charge in [0.2, 0.25) is 5.91 Å². The van der Waals surface area contributed by atoms with Crippen molar-refractivity contribution in [3.63, 3.8) is 0 Å². The maximum absolute atomic E-state index is 12.9. The van der Waals surface area contributed by atoms with Crippen LogP contribution in [0, 0.1) is 5.92 Å². The summed E-state index contributed by atoms with van der Waals surface area (Å²) in [5, 5.41) is 18.8. The number of aliphatic hydroxyl groups is 1. The Morgan fingerprint density at radius 2 is 2.11 bits per heavy atom. The maximum Gasteiger partial charge on any atom is 0.230 e. The van der Waals surface area contributed by atoms with E-state index in [1.807, 2.05) is 17.2 Å². The predicted octanol–water partition coefficient (Wildman–Crippen LogP) is 3.93. The molecule has 1 unspecified atom stereocenters. The van der Waals surface area contributed by atoms with Crippen molar-refractivity contribution in [2.45, 2.75) is 18.4 Å². The highest BCUT2D eigenvalue weighted by Gasteiger charge is 2.38. The lowest BCUT2D eigenvalue weighted by Gasteiger charge is -2.39. The van der Waals surface area contributed by atoms with Gasteiger partial charge in [-0.2, -0.15) is 5.10 Å². The Morgan fingerprint density at radius 1 is 1.33 bits per heavy atom. The fraction of sp³-hybridized carbons (Fsp3) is 0.368. The maximum atomic E-state index is 12.9. The van der Waals surface area contributed by atoms with Crippen LogP contribution in [-0.2, 0) is 10.4 Å². The molecule has 2 aliphatic heterocycles. The normalized spacial score (nSPS) is 22.0. The lowest BCUT2D eigenvalue weighted by atomic mass is 9.84. The predicted molar refractivity (Wildman–Crippen MR) is 109 cm³/mol. The summed E-state index contributed by atoms with van der Waals surface area (Å²) in [6.45, 7) is 1.01. The van der Waals surface area contributed by atoms with Gasteiger partial charge in [-0.15, -0.1) is 11.8 Å². The van der Waals surface area contributed by atoms with Crippen molar-refractivity contribution in [1.29, 1.82) is 0 Å². The summed E-state index contributed by atoms with van der Waals surface area (Å²) < 4.78 is 0. The number of benzene rings is 1. The van der Waals surface area contributed by atoms with Crippen LogP contribution in [0.5, 0.6) is 0 Å². The van der Waals surface area contributed by atoms with Crippen molar-refractivity contribution in [3.05, 3.63) is 57.8 Å². The number of hydrogen-bond donors (Lipinski definition) is 2. The number of amides is 1. The minimum absolute atomic E-state index is 0.116. The Bertz CT molecular complexity index is 877. The van der Waals surface area contributed by atoms with Crippen LogP contribution in [0.2, 0.25) is 10.0 Å². The molecule has 1 aromatic carbocycles. The van der Waals surface area contributed by atoms with Crippen molar-refractivity contribution in [2.75, 3.05) is 18.8 Å². The first-order valence-corrected chi connectivity index (χ1v) is 10.5. The molecule has 1 atom stereocenters. The van der Waals surface area contributed by atoms with Crippen LogP contribution in [0.1, 0.15) is 24.0 Å². The number of aromatic amines is 1. The third-order valence-electron chi connectivity index (χ3n) is 5.21. The van der Waals surface area contributed by atoms with Gasteiger partial charge in [0.15, 0.2) is 0 Å². The summed E-state index contributed by atoms with van der Waals surface area (Å²) in [5.74, 6) is 0.721. The Hall–Kier alpha value is -1.47. The molecule has 27 heavy (non-hydrogen) atoms. The molecular weight excluding hydrogens is 405 g/mol. The first-order chi connectivity index (χ1) is 13.0. The molecule has 142 valence electrons. The zero-order chi connectivity index (χ0) is 19.0. The molecule has 0 aliphatic carbocycles. The van der Waals surface area contributed by atoms with Crippen LogP contribution in [0.3, 0.4) is 0 Å². The van der Waals surface area contributed by atoms with Gasteiger partial charge in [0.05, 0.1) is 17.7 Å². The Morgan fingerprint density at radius 3 is 2.78 bits per heavy atom. The molecule has 8 heteroatoms. The molecule has 1 aromatic heterocycles. The number of carbonyl (C=O) groups is 1. The van der Waals surface area contributed by atoms with E-state index in [1.54, 1.807) is 36.2 Å². The van der Waals surface area contributed by atoms with E-state index in [2.05, 4.69) is 10.2 Å². The van der Waals surface area contributed by atoms with E-state index in [0.717, 1.165) is 16.2 Å². The summed E-state index contributed by atoms with van der Waals surface area (Å²) in [7, 11) is 0. The molecular formula is C19H19Cl2N3O2S. The Balaban J connectivity index is 1.42. The van der Waals surface area contributed by atoms with E-state index in [9.17, 15) is 9.90 Å². The monoisotopic (exact) mass is 423 g/mol. The Kier molecular flexibility index (Phi) is 5.25. The van der Waals surface area contributed by atoms with Crippen molar-refractivity contribution in [2.24, 2.45) is 5.92 Å². The third-order valence-corrected chi connectivity index (χ3v) is 6.96. The second kappa shape index (κ2) is 7.51. The van der Waals surface area contributed by atoms with Gasteiger partial charge in [-0.3, -0.25) is 9.89 Å². The van der Waals surface area contributed by atoms with Crippen molar-refractivity contribution < 1.29 is 9.90 Å². The lowest BCUT2D eigenvalue weighted by Crippen LogP contribution is -2.47. The largest absolute Gasteiger partial charge is 0.385 e. The number of likely N-dealkylation sites (tertiary alicyclic amines) is 1. The van der Waals surface area contributed by atoms with Crippen LogP contribution < -0.4 is 0 Å². The zero-order valence-electron chi connectivity index (χ0n) is 14.5. The van der Waals surface area contributed by atoms with Crippen LogP contribution in [0.4, 0.5) is 0 Å². The molecule has 2 aliphatic rings. The molecule has 1 saturated heterocycles. The molecule has 0 radical (unpaired) electrons. The summed E-state index contributed by atoms with van der Waals surface area (Å²) in [6, 6.07) is 5.15. The fourth-order valence-corrected chi connectivity index (χ4v) is 5.36. The fourth-order valence-electron chi connectivity index (χ4n) is 3.63. The van der Waals surface area contributed by atoms with E-state index in [1.165, 1.54) is 0 Å². The molecule has 1 amide bonds. The highest BCUT2D eigenvalue weighted by molar-refractivity contribution is 8.08. The van der Waals surface area contributed by atoms with Gasteiger partial charge in [-0.05, 0) is 25.0 Å². The van der Waals surface area contributed by atoms with E-state index in [4.69, 9.17) is 23.2 Å². The number of aromatic nitrogens is 2. The second-order valence-corrected chi connectivity index (χ2v) is 8.82. The Labute approximate surface area is 171 Å². The summed E-state index contributed by atoms with van der Waals surface area (Å²) >= 11 is 13.9. The first-order valence-electron chi connectivity index (χ1n) is 8.77. The average Bonchev–Trinajstić information content (AvgIpc) is 3.33. The van der Waals surface area contributed by atoms with Crippen molar-refractivity contribution in [3.8, 4) is 0 Å². The summed E-state index contributed by atoms with van der Waals surface area (Å²) in [6.07, 6.45) is 6.54. The number of nitrogens with zero attached hydrogens (tertiary/aromatic N) is 2. The van der Waals surface area contributed by atoms with Crippen LogP contribution in [0.15, 0.2) is 36.7 Å². The van der Waals surface area contributed by atoms with Gasteiger partial charge in [0.1, 0.15) is 0 Å². The minimum Gasteiger partial charge on any atom is -0.385 e. The quantitative estimate of drug-likeness (QED) is 0.784. The average molecular weight is 424 g/mol. The van der Waals surface area contributed by atoms with E-state index >= 15 is 0 Å². The van der Waals surface area contributed by atoms with Gasteiger partial charge >= 0.3 is 0 Å². The highest BCUT2D eigenvalue weighted by atomic mass is 35.5. The zero-order valence-corrected chi connectivity index (χ0v) is 16.8. The molecule has 3 heterocycles. The SMILES string of the molecule is O=C(C1C=C(c2cn[nH]c2)SC1)N1CCC(O)(c2ccc(Cl)cc2Cl)CC1. The van der Waals surface area contributed by atoms with Gasteiger partial charge in [-0.25, -0.2) is 0 Å². The third kappa shape index (κ3) is 3.76. The molecule has 5 nitrogen and oxygen atoms in total. The molecule has 0 bridgehead atoms. The molecule has 2 aromatic rings. The van der Waals surface area contributed by atoms with Gasteiger partial charge < -0.3 is 10.0 Å². The number of halogens is 2. The number of piperidine rings is 1. The number of thioether (sulfide) groups is 1. The minimum atomic E-state index is -1.03. The molecule has 2 N–H and O–H groups in total. The van der Waals surface area contributed by atoms with E-state index in [-0.39, 0.29) is 11.8 Å². The van der Waals surface area contributed by atoms with Crippen molar-refractivity contribution in [1.82, 2.24) is 15.1 Å². The topological polar surface area (TPSA) is 69.2 Å². The van der Waals surface area contributed by atoms with E-state index < -0.39 is 5.60 Å². The van der Waals surface area contributed by atoms with Gasteiger partial charge in [0.25, 0.3) is 0 Å². The highest BCUT2D eigenvalue weighted by Crippen LogP contribution is 2.40. The summed E-state index contributed by atoms with van der Waals surface area (Å²) in [4.78, 5) is 15.8.